The van der Waals surface area contributed by atoms with E-state index in [0.717, 1.165) is 0 Å². The molecule has 0 saturated carbocycles. The molecule has 0 aromatic heterocycles. The summed E-state index contributed by atoms with van der Waals surface area (Å²) < 4.78 is 10.4. The molecule has 2 rings (SSSR count). The Morgan fingerprint density at radius 2 is 1.76 bits per heavy atom. The van der Waals surface area contributed by atoms with E-state index in [0.29, 0.717) is 16.9 Å². The number of hydrogen-bond donors (Lipinski definition) is 2. The van der Waals surface area contributed by atoms with Crippen molar-refractivity contribution < 1.29 is 24.5 Å². The van der Waals surface area contributed by atoms with Gasteiger partial charge in [0.05, 0.1) is 12.7 Å². The highest BCUT2D eigenvalue weighted by molar-refractivity contribution is 5.89. The van der Waals surface area contributed by atoms with E-state index in [1.807, 2.05) is 0 Å². The highest BCUT2D eigenvalue weighted by atomic mass is 16.5. The molecular formula is C16H16O5. The van der Waals surface area contributed by atoms with Crippen LogP contribution in [0.25, 0.3) is 0 Å². The van der Waals surface area contributed by atoms with Gasteiger partial charge in [0, 0.05) is 0 Å². The summed E-state index contributed by atoms with van der Waals surface area (Å²) in [7, 11) is 1.45. The van der Waals surface area contributed by atoms with Crippen molar-refractivity contribution >= 4 is 5.97 Å². The zero-order valence-electron chi connectivity index (χ0n) is 11.7. The molecule has 1 unspecified atom stereocenters. The van der Waals surface area contributed by atoms with Crippen molar-refractivity contribution in [2.24, 2.45) is 0 Å². The van der Waals surface area contributed by atoms with Crippen LogP contribution in [0.3, 0.4) is 0 Å². The van der Waals surface area contributed by atoms with Crippen molar-refractivity contribution in [3.05, 3.63) is 53.6 Å². The summed E-state index contributed by atoms with van der Waals surface area (Å²) in [6.45, 7) is 1.73. The second kappa shape index (κ2) is 6.17. The van der Waals surface area contributed by atoms with Gasteiger partial charge in [-0.15, -0.1) is 0 Å². The molecule has 0 aliphatic rings. The van der Waals surface area contributed by atoms with Gasteiger partial charge in [-0.1, -0.05) is 6.07 Å². The van der Waals surface area contributed by atoms with E-state index in [1.54, 1.807) is 19.1 Å². The number of phenolic OH excluding ortho intramolecular Hbond substituents is 2. The van der Waals surface area contributed by atoms with Crippen LogP contribution in [-0.4, -0.2) is 23.3 Å². The van der Waals surface area contributed by atoms with Crippen molar-refractivity contribution in [3.63, 3.8) is 0 Å². The van der Waals surface area contributed by atoms with Crippen molar-refractivity contribution in [1.29, 1.82) is 0 Å². The van der Waals surface area contributed by atoms with Gasteiger partial charge in [-0.25, -0.2) is 4.79 Å². The number of carbonyl (C=O) groups excluding carboxylic acids is 1. The maximum Gasteiger partial charge on any atom is 0.338 e. The van der Waals surface area contributed by atoms with Gasteiger partial charge in [0.2, 0.25) is 0 Å². The maximum absolute atomic E-state index is 12.0. The van der Waals surface area contributed by atoms with Crippen LogP contribution in [0.4, 0.5) is 0 Å². The van der Waals surface area contributed by atoms with E-state index in [9.17, 15) is 15.0 Å². The molecule has 0 fully saturated rings. The molecule has 5 heteroatoms. The standard InChI is InChI=1S/C16H16O5/c1-10(12-5-8-14(18)15(9-12)20-2)21-16(19)11-3-6-13(17)7-4-11/h3-10,17-18H,1-2H3. The van der Waals surface area contributed by atoms with Crippen LogP contribution >= 0.6 is 0 Å². The zero-order valence-corrected chi connectivity index (χ0v) is 11.7. The Bertz CT molecular complexity index is 634. The maximum atomic E-state index is 12.0. The van der Waals surface area contributed by atoms with E-state index in [2.05, 4.69) is 0 Å². The normalized spacial score (nSPS) is 11.7. The van der Waals surface area contributed by atoms with Crippen LogP contribution in [0, 0.1) is 0 Å². The van der Waals surface area contributed by atoms with Crippen LogP contribution in [-0.2, 0) is 4.74 Å². The highest BCUT2D eigenvalue weighted by Gasteiger charge is 2.15. The molecule has 5 nitrogen and oxygen atoms in total. The minimum absolute atomic E-state index is 0.0262. The number of aromatic hydroxyl groups is 2. The summed E-state index contributed by atoms with van der Waals surface area (Å²) in [6.07, 6.45) is -0.499. The second-order valence-corrected chi connectivity index (χ2v) is 4.53. The molecule has 0 bridgehead atoms. The summed E-state index contributed by atoms with van der Waals surface area (Å²) in [4.78, 5) is 12.0. The number of carbonyl (C=O) groups is 1. The Morgan fingerprint density at radius 1 is 1.10 bits per heavy atom. The van der Waals surface area contributed by atoms with Crippen LogP contribution < -0.4 is 4.74 Å². The number of esters is 1. The van der Waals surface area contributed by atoms with Crippen molar-refractivity contribution in [3.8, 4) is 17.2 Å². The first kappa shape index (κ1) is 14.7. The Labute approximate surface area is 122 Å². The minimum atomic E-state index is -0.499. The molecule has 0 radical (unpaired) electrons. The molecule has 0 saturated heterocycles. The number of benzene rings is 2. The van der Waals surface area contributed by atoms with Gasteiger partial charge in [-0.05, 0) is 48.9 Å². The molecule has 2 N–H and O–H groups in total. The van der Waals surface area contributed by atoms with Crippen molar-refractivity contribution in [2.45, 2.75) is 13.0 Å². The van der Waals surface area contributed by atoms with E-state index in [-0.39, 0.29) is 11.5 Å². The van der Waals surface area contributed by atoms with E-state index >= 15 is 0 Å². The fourth-order valence-electron chi connectivity index (χ4n) is 1.84. The molecule has 0 spiro atoms. The molecule has 110 valence electrons. The molecular weight excluding hydrogens is 272 g/mol. The molecule has 0 aliphatic heterocycles. The number of methoxy groups -OCH3 is 1. The van der Waals surface area contributed by atoms with Gasteiger partial charge in [0.1, 0.15) is 11.9 Å². The van der Waals surface area contributed by atoms with Crippen molar-refractivity contribution in [2.75, 3.05) is 7.11 Å². The molecule has 0 heterocycles. The van der Waals surface area contributed by atoms with Gasteiger partial charge in [-0.3, -0.25) is 0 Å². The predicted octanol–water partition coefficient (Wildman–Crippen LogP) is 3.02. The Morgan fingerprint density at radius 3 is 2.38 bits per heavy atom. The quantitative estimate of drug-likeness (QED) is 0.846. The third-order valence-corrected chi connectivity index (χ3v) is 3.06. The lowest BCUT2D eigenvalue weighted by Gasteiger charge is -2.15. The summed E-state index contributed by atoms with van der Waals surface area (Å²) >= 11 is 0. The molecule has 2 aromatic rings. The summed E-state index contributed by atoms with van der Waals surface area (Å²) in [5.74, 6) is -0.0595. The first-order valence-electron chi connectivity index (χ1n) is 6.38. The minimum Gasteiger partial charge on any atom is -0.508 e. The second-order valence-electron chi connectivity index (χ2n) is 4.53. The predicted molar refractivity (Wildman–Crippen MR) is 76.6 cm³/mol. The molecule has 21 heavy (non-hydrogen) atoms. The largest absolute Gasteiger partial charge is 0.508 e. The number of hydrogen-bond acceptors (Lipinski definition) is 5. The van der Waals surface area contributed by atoms with Crippen LogP contribution in [0.15, 0.2) is 42.5 Å². The van der Waals surface area contributed by atoms with E-state index in [4.69, 9.17) is 9.47 Å². The average Bonchev–Trinajstić information content (AvgIpc) is 2.48. The SMILES string of the molecule is COc1cc(C(C)OC(=O)c2ccc(O)cc2)ccc1O. The van der Waals surface area contributed by atoms with Crippen LogP contribution in [0.1, 0.15) is 28.9 Å². The van der Waals surface area contributed by atoms with Gasteiger partial charge in [0.25, 0.3) is 0 Å². The Hall–Kier alpha value is -2.69. The topological polar surface area (TPSA) is 76.0 Å². The summed E-state index contributed by atoms with van der Waals surface area (Å²) in [5, 5.41) is 18.7. The monoisotopic (exact) mass is 288 g/mol. The van der Waals surface area contributed by atoms with E-state index < -0.39 is 12.1 Å². The third kappa shape index (κ3) is 3.45. The molecule has 2 aromatic carbocycles. The highest BCUT2D eigenvalue weighted by Crippen LogP contribution is 2.30. The third-order valence-electron chi connectivity index (χ3n) is 3.06. The number of rotatable bonds is 4. The van der Waals surface area contributed by atoms with Gasteiger partial charge >= 0.3 is 5.97 Å². The number of ether oxygens (including phenoxy) is 2. The van der Waals surface area contributed by atoms with Gasteiger partial charge in [0.15, 0.2) is 11.5 Å². The first-order valence-corrected chi connectivity index (χ1v) is 6.38. The zero-order chi connectivity index (χ0) is 15.4. The fraction of sp³-hybridized carbons (Fsp3) is 0.188. The van der Waals surface area contributed by atoms with Gasteiger partial charge < -0.3 is 19.7 Å². The lowest BCUT2D eigenvalue weighted by molar-refractivity contribution is 0.0337. The van der Waals surface area contributed by atoms with E-state index in [1.165, 1.54) is 37.4 Å². The van der Waals surface area contributed by atoms with Crippen molar-refractivity contribution in [1.82, 2.24) is 0 Å². The summed E-state index contributed by atoms with van der Waals surface area (Å²) in [6, 6.07) is 10.6. The van der Waals surface area contributed by atoms with Crippen LogP contribution in [0.5, 0.6) is 17.2 Å². The lowest BCUT2D eigenvalue weighted by Crippen LogP contribution is -2.09. The molecule has 0 aliphatic carbocycles. The Balaban J connectivity index is 2.12. The molecule has 0 amide bonds. The van der Waals surface area contributed by atoms with Gasteiger partial charge in [-0.2, -0.15) is 0 Å². The Kier molecular flexibility index (Phi) is 4.33. The molecule has 1 atom stereocenters. The number of phenols is 2. The van der Waals surface area contributed by atoms with Crippen LogP contribution in [0.2, 0.25) is 0 Å². The lowest BCUT2D eigenvalue weighted by atomic mass is 10.1. The average molecular weight is 288 g/mol. The first-order chi connectivity index (χ1) is 10.0. The summed E-state index contributed by atoms with van der Waals surface area (Å²) in [5.41, 5.74) is 1.06. The smallest absolute Gasteiger partial charge is 0.338 e. The fourth-order valence-corrected chi connectivity index (χ4v) is 1.84.